The minimum atomic E-state index is -3.28. The van der Waals surface area contributed by atoms with Gasteiger partial charge in [-0.15, -0.1) is 0 Å². The lowest BCUT2D eigenvalue weighted by Crippen LogP contribution is -2.48. The van der Waals surface area contributed by atoms with E-state index in [9.17, 15) is 13.2 Å². The molecule has 0 saturated carbocycles. The molecule has 3 N–H and O–H groups in total. The maximum atomic E-state index is 11.7. The normalized spacial score (nSPS) is 15.9. The molecule has 2 amide bonds. The first-order valence-electron chi connectivity index (χ1n) is 9.28. The highest BCUT2D eigenvalue weighted by molar-refractivity contribution is 7.90. The van der Waals surface area contributed by atoms with Crippen molar-refractivity contribution in [1.82, 2.24) is 10.3 Å². The molecule has 29 heavy (non-hydrogen) atoms. The summed E-state index contributed by atoms with van der Waals surface area (Å²) in [7, 11) is -3.28. The fourth-order valence-electron chi connectivity index (χ4n) is 3.22. The number of rotatable bonds is 6. The van der Waals surface area contributed by atoms with Crippen molar-refractivity contribution < 1.29 is 13.2 Å². The van der Waals surface area contributed by atoms with Gasteiger partial charge in [0.1, 0.15) is 0 Å². The van der Waals surface area contributed by atoms with Crippen molar-refractivity contribution >= 4 is 27.3 Å². The molecule has 2 aromatic rings. The van der Waals surface area contributed by atoms with Gasteiger partial charge in [0.25, 0.3) is 0 Å². The number of nitrogens with zero attached hydrogens (tertiary/aromatic N) is 3. The SMILES string of the molecule is CS(=O)(=O)c1ccc(C(CN2CCN(c3ccccc3)CC2)=NNC(N)=O)cc1. The van der Waals surface area contributed by atoms with Crippen LogP contribution in [0, 0.1) is 0 Å². The highest BCUT2D eigenvalue weighted by atomic mass is 32.2. The van der Waals surface area contributed by atoms with Crippen molar-refractivity contribution in [2.75, 3.05) is 43.9 Å². The third-order valence-corrected chi connectivity index (χ3v) is 5.91. The molecule has 0 spiro atoms. The molecule has 2 aromatic carbocycles. The van der Waals surface area contributed by atoms with E-state index in [-0.39, 0.29) is 4.90 Å². The number of urea groups is 1. The van der Waals surface area contributed by atoms with Crippen LogP contribution < -0.4 is 16.1 Å². The third kappa shape index (κ3) is 5.78. The van der Waals surface area contributed by atoms with Gasteiger partial charge >= 0.3 is 6.03 Å². The van der Waals surface area contributed by atoms with Crippen LogP contribution in [-0.4, -0.2) is 64.0 Å². The molecule has 1 aliphatic rings. The zero-order valence-corrected chi connectivity index (χ0v) is 17.1. The van der Waals surface area contributed by atoms with E-state index < -0.39 is 15.9 Å². The number of primary amides is 1. The molecule has 0 bridgehead atoms. The molecule has 0 unspecified atom stereocenters. The molecule has 1 saturated heterocycles. The molecule has 154 valence electrons. The second-order valence-electron chi connectivity index (χ2n) is 6.93. The number of hydrogen-bond acceptors (Lipinski definition) is 6. The Labute approximate surface area is 170 Å². The second-order valence-corrected chi connectivity index (χ2v) is 8.95. The van der Waals surface area contributed by atoms with E-state index in [0.29, 0.717) is 12.3 Å². The molecular weight excluding hydrogens is 390 g/mol. The van der Waals surface area contributed by atoms with E-state index in [2.05, 4.69) is 32.5 Å². The molecule has 9 heteroatoms. The topological polar surface area (TPSA) is 108 Å². The van der Waals surface area contributed by atoms with E-state index in [4.69, 9.17) is 5.73 Å². The number of amides is 2. The van der Waals surface area contributed by atoms with Crippen molar-refractivity contribution in [2.45, 2.75) is 4.90 Å². The minimum absolute atomic E-state index is 0.236. The van der Waals surface area contributed by atoms with Gasteiger partial charge in [0.15, 0.2) is 9.84 Å². The maximum absolute atomic E-state index is 11.7. The van der Waals surface area contributed by atoms with Crippen molar-refractivity contribution in [3.8, 4) is 0 Å². The molecule has 0 aromatic heterocycles. The molecule has 1 fully saturated rings. The third-order valence-electron chi connectivity index (χ3n) is 4.78. The van der Waals surface area contributed by atoms with Gasteiger partial charge in [0, 0.05) is 44.7 Å². The summed E-state index contributed by atoms with van der Waals surface area (Å²) < 4.78 is 23.4. The number of para-hydroxylation sites is 1. The number of carbonyl (C=O) groups is 1. The van der Waals surface area contributed by atoms with E-state index in [1.54, 1.807) is 12.1 Å². The van der Waals surface area contributed by atoms with Crippen LogP contribution in [0.25, 0.3) is 0 Å². The highest BCUT2D eigenvalue weighted by Crippen LogP contribution is 2.16. The van der Waals surface area contributed by atoms with Gasteiger partial charge in [0.05, 0.1) is 10.6 Å². The smallest absolute Gasteiger partial charge is 0.332 e. The number of nitrogens with two attached hydrogens (primary N) is 1. The Morgan fingerprint density at radius 3 is 2.21 bits per heavy atom. The summed E-state index contributed by atoms with van der Waals surface area (Å²) in [5.74, 6) is 0. The standard InChI is InChI=1S/C20H25N5O3S/c1-29(27,28)18-9-7-16(8-10-18)19(22-23-20(21)26)15-24-11-13-25(14-12-24)17-5-3-2-4-6-17/h2-10H,11-15H2,1H3,(H3,21,23,26). The van der Waals surface area contributed by atoms with Gasteiger partial charge in [-0.1, -0.05) is 30.3 Å². The first kappa shape index (κ1) is 20.8. The van der Waals surface area contributed by atoms with Gasteiger partial charge in [-0.25, -0.2) is 18.6 Å². The van der Waals surface area contributed by atoms with E-state index >= 15 is 0 Å². The zero-order valence-electron chi connectivity index (χ0n) is 16.3. The molecule has 0 radical (unpaired) electrons. The molecule has 1 heterocycles. The minimum Gasteiger partial charge on any atom is -0.369 e. The van der Waals surface area contributed by atoms with Crippen LogP contribution in [-0.2, 0) is 9.84 Å². The van der Waals surface area contributed by atoms with Gasteiger partial charge in [0.2, 0.25) is 0 Å². The quantitative estimate of drug-likeness (QED) is 0.546. The number of sulfone groups is 1. The Bertz CT molecular complexity index is 967. The summed E-state index contributed by atoms with van der Waals surface area (Å²) in [5.41, 5.74) is 10.0. The van der Waals surface area contributed by atoms with E-state index in [1.165, 1.54) is 17.8 Å². The summed E-state index contributed by atoms with van der Waals surface area (Å²) in [6.07, 6.45) is 1.16. The Kier molecular flexibility index (Phi) is 6.50. The molecule has 3 rings (SSSR count). The van der Waals surface area contributed by atoms with E-state index in [0.717, 1.165) is 38.0 Å². The highest BCUT2D eigenvalue weighted by Gasteiger charge is 2.19. The molecule has 0 aliphatic carbocycles. The van der Waals surface area contributed by atoms with Crippen molar-refractivity contribution in [3.63, 3.8) is 0 Å². The van der Waals surface area contributed by atoms with Crippen LogP contribution in [0.15, 0.2) is 64.6 Å². The van der Waals surface area contributed by atoms with Gasteiger partial charge in [-0.05, 0) is 29.8 Å². The van der Waals surface area contributed by atoms with Crippen LogP contribution in [0.3, 0.4) is 0 Å². The number of carbonyl (C=O) groups excluding carboxylic acids is 1. The monoisotopic (exact) mass is 415 g/mol. The van der Waals surface area contributed by atoms with Crippen molar-refractivity contribution in [1.29, 1.82) is 0 Å². The number of piperazine rings is 1. The number of hydrazone groups is 1. The average Bonchev–Trinajstić information content (AvgIpc) is 2.71. The summed E-state index contributed by atoms with van der Waals surface area (Å²) >= 11 is 0. The summed E-state index contributed by atoms with van der Waals surface area (Å²) in [4.78, 5) is 15.9. The van der Waals surface area contributed by atoms with Crippen LogP contribution in [0.1, 0.15) is 5.56 Å². The van der Waals surface area contributed by atoms with Gasteiger partial charge in [-0.3, -0.25) is 4.90 Å². The largest absolute Gasteiger partial charge is 0.369 e. The predicted octanol–water partition coefficient (Wildman–Crippen LogP) is 1.28. The molecule has 1 aliphatic heterocycles. The van der Waals surface area contributed by atoms with Crippen LogP contribution in [0.4, 0.5) is 10.5 Å². The summed E-state index contributed by atoms with van der Waals surface area (Å²) in [5, 5.41) is 4.14. The lowest BCUT2D eigenvalue weighted by atomic mass is 10.1. The number of hydrogen-bond donors (Lipinski definition) is 2. The lowest BCUT2D eigenvalue weighted by molar-refractivity contribution is 0.249. The lowest BCUT2D eigenvalue weighted by Gasteiger charge is -2.36. The van der Waals surface area contributed by atoms with Crippen molar-refractivity contribution in [2.24, 2.45) is 10.8 Å². The van der Waals surface area contributed by atoms with E-state index in [1.807, 2.05) is 18.2 Å². The summed E-state index contributed by atoms with van der Waals surface area (Å²) in [6, 6.07) is 16.0. The molecular formula is C20H25N5O3S. The first-order chi connectivity index (χ1) is 13.8. The predicted molar refractivity (Wildman–Crippen MR) is 114 cm³/mol. The average molecular weight is 416 g/mol. The Balaban J connectivity index is 1.70. The number of benzene rings is 2. The van der Waals surface area contributed by atoms with Crippen molar-refractivity contribution in [3.05, 3.63) is 60.2 Å². The number of anilines is 1. The fraction of sp³-hybridized carbons (Fsp3) is 0.300. The Morgan fingerprint density at radius 1 is 1.03 bits per heavy atom. The fourth-order valence-corrected chi connectivity index (χ4v) is 3.85. The zero-order chi connectivity index (χ0) is 20.9. The summed E-state index contributed by atoms with van der Waals surface area (Å²) in [6.45, 7) is 3.96. The Morgan fingerprint density at radius 2 is 1.66 bits per heavy atom. The van der Waals surface area contributed by atoms with Crippen LogP contribution in [0.2, 0.25) is 0 Å². The van der Waals surface area contributed by atoms with Gasteiger partial charge < -0.3 is 10.6 Å². The van der Waals surface area contributed by atoms with Crippen LogP contribution >= 0.6 is 0 Å². The van der Waals surface area contributed by atoms with Gasteiger partial charge in [-0.2, -0.15) is 5.10 Å². The molecule has 8 nitrogen and oxygen atoms in total. The second kappa shape index (κ2) is 9.06. The first-order valence-corrected chi connectivity index (χ1v) is 11.2. The Hall–Kier alpha value is -2.91. The van der Waals surface area contributed by atoms with Crippen LogP contribution in [0.5, 0.6) is 0 Å². The maximum Gasteiger partial charge on any atom is 0.332 e. The number of nitrogens with one attached hydrogen (secondary N) is 1. The molecule has 0 atom stereocenters.